The summed E-state index contributed by atoms with van der Waals surface area (Å²) in [5.41, 5.74) is 1.56. The van der Waals surface area contributed by atoms with Crippen LogP contribution in [0.3, 0.4) is 0 Å². The summed E-state index contributed by atoms with van der Waals surface area (Å²) >= 11 is 0. The molecule has 4 heteroatoms. The summed E-state index contributed by atoms with van der Waals surface area (Å²) in [5.74, 6) is 0.651. The molecule has 19 heavy (non-hydrogen) atoms. The molecule has 1 heterocycles. The van der Waals surface area contributed by atoms with Crippen molar-refractivity contribution >= 4 is 11.6 Å². The molecule has 1 amide bonds. The van der Waals surface area contributed by atoms with Crippen molar-refractivity contribution in [1.29, 1.82) is 0 Å². The first-order valence-corrected chi connectivity index (χ1v) is 6.99. The SMILES string of the molecule is CNc1ccccc1C(=O)NC1CCOC1C1CC1. The number of hydrogen-bond acceptors (Lipinski definition) is 3. The molecular weight excluding hydrogens is 240 g/mol. The zero-order chi connectivity index (χ0) is 13.2. The van der Waals surface area contributed by atoms with Crippen LogP contribution in [0.4, 0.5) is 5.69 Å². The maximum absolute atomic E-state index is 12.4. The van der Waals surface area contributed by atoms with Crippen LogP contribution in [-0.2, 0) is 4.74 Å². The molecule has 1 saturated carbocycles. The topological polar surface area (TPSA) is 50.4 Å². The fourth-order valence-electron chi connectivity index (χ4n) is 2.80. The lowest BCUT2D eigenvalue weighted by atomic mass is 10.1. The van der Waals surface area contributed by atoms with Gasteiger partial charge in [0.05, 0.1) is 17.7 Å². The standard InChI is InChI=1S/C15H20N2O2/c1-16-12-5-3-2-4-11(12)15(18)17-13-8-9-19-14(13)10-6-7-10/h2-5,10,13-14,16H,6-9H2,1H3,(H,17,18). The van der Waals surface area contributed by atoms with E-state index in [0.717, 1.165) is 18.7 Å². The maximum atomic E-state index is 12.4. The Labute approximate surface area is 113 Å². The molecular formula is C15H20N2O2. The van der Waals surface area contributed by atoms with Gasteiger partial charge in [-0.15, -0.1) is 0 Å². The summed E-state index contributed by atoms with van der Waals surface area (Å²) in [6, 6.07) is 7.75. The van der Waals surface area contributed by atoms with Gasteiger partial charge in [-0.3, -0.25) is 4.79 Å². The van der Waals surface area contributed by atoms with Gasteiger partial charge in [-0.05, 0) is 37.3 Å². The molecule has 1 aliphatic carbocycles. The monoisotopic (exact) mass is 260 g/mol. The molecule has 2 unspecified atom stereocenters. The van der Waals surface area contributed by atoms with E-state index in [1.54, 1.807) is 0 Å². The first-order valence-electron chi connectivity index (χ1n) is 6.99. The third-order valence-electron chi connectivity index (χ3n) is 3.98. The van der Waals surface area contributed by atoms with Gasteiger partial charge in [0.15, 0.2) is 0 Å². The largest absolute Gasteiger partial charge is 0.387 e. The Bertz CT molecular complexity index is 471. The van der Waals surface area contributed by atoms with Crippen LogP contribution >= 0.6 is 0 Å². The normalized spacial score (nSPS) is 26.2. The van der Waals surface area contributed by atoms with Gasteiger partial charge in [0, 0.05) is 19.3 Å². The van der Waals surface area contributed by atoms with E-state index < -0.39 is 0 Å². The predicted molar refractivity (Wildman–Crippen MR) is 74.3 cm³/mol. The fraction of sp³-hybridized carbons (Fsp3) is 0.533. The summed E-state index contributed by atoms with van der Waals surface area (Å²) in [7, 11) is 1.83. The van der Waals surface area contributed by atoms with Crippen LogP contribution in [0.1, 0.15) is 29.6 Å². The van der Waals surface area contributed by atoms with Crippen molar-refractivity contribution in [3.8, 4) is 0 Å². The Kier molecular flexibility index (Phi) is 3.42. The molecule has 1 saturated heterocycles. The molecule has 1 aromatic carbocycles. The molecule has 0 radical (unpaired) electrons. The van der Waals surface area contributed by atoms with Crippen LogP contribution in [0.25, 0.3) is 0 Å². The zero-order valence-electron chi connectivity index (χ0n) is 11.2. The third kappa shape index (κ3) is 2.59. The highest BCUT2D eigenvalue weighted by molar-refractivity contribution is 5.99. The smallest absolute Gasteiger partial charge is 0.253 e. The lowest BCUT2D eigenvalue weighted by molar-refractivity contribution is 0.0730. The van der Waals surface area contributed by atoms with Crippen LogP contribution in [0, 0.1) is 5.92 Å². The highest BCUT2D eigenvalue weighted by Crippen LogP contribution is 2.38. The van der Waals surface area contributed by atoms with E-state index in [-0.39, 0.29) is 18.1 Å². The Morgan fingerprint density at radius 2 is 2.05 bits per heavy atom. The number of para-hydroxylation sites is 1. The van der Waals surface area contributed by atoms with E-state index in [1.807, 2.05) is 31.3 Å². The summed E-state index contributed by atoms with van der Waals surface area (Å²) in [6.07, 6.45) is 3.63. The lowest BCUT2D eigenvalue weighted by Gasteiger charge is -2.20. The number of ether oxygens (including phenoxy) is 1. The van der Waals surface area contributed by atoms with Crippen molar-refractivity contribution in [1.82, 2.24) is 5.32 Å². The average molecular weight is 260 g/mol. The van der Waals surface area contributed by atoms with Gasteiger partial charge in [-0.1, -0.05) is 12.1 Å². The first-order chi connectivity index (χ1) is 9.29. The number of rotatable bonds is 4. The number of carbonyl (C=O) groups excluding carboxylic acids is 1. The van der Waals surface area contributed by atoms with Crippen molar-refractivity contribution < 1.29 is 9.53 Å². The predicted octanol–water partition coefficient (Wildman–Crippen LogP) is 2.03. The first kappa shape index (κ1) is 12.5. The number of carbonyl (C=O) groups is 1. The van der Waals surface area contributed by atoms with Gasteiger partial charge in [0.1, 0.15) is 0 Å². The second kappa shape index (κ2) is 5.21. The van der Waals surface area contributed by atoms with E-state index in [0.29, 0.717) is 11.5 Å². The van der Waals surface area contributed by atoms with Gasteiger partial charge in [0.25, 0.3) is 5.91 Å². The Balaban J connectivity index is 1.70. The van der Waals surface area contributed by atoms with E-state index in [9.17, 15) is 4.79 Å². The number of amides is 1. The summed E-state index contributed by atoms with van der Waals surface area (Å²) in [5, 5.41) is 6.19. The minimum absolute atomic E-state index is 0.00824. The molecule has 0 spiro atoms. The van der Waals surface area contributed by atoms with Crippen LogP contribution < -0.4 is 10.6 Å². The molecule has 3 rings (SSSR count). The summed E-state index contributed by atoms with van der Waals surface area (Å²) in [4.78, 5) is 12.4. The quantitative estimate of drug-likeness (QED) is 0.871. The zero-order valence-corrected chi connectivity index (χ0v) is 11.2. The molecule has 0 bridgehead atoms. The lowest BCUT2D eigenvalue weighted by Crippen LogP contribution is -2.41. The van der Waals surface area contributed by atoms with Gasteiger partial charge in [-0.25, -0.2) is 0 Å². The minimum Gasteiger partial charge on any atom is -0.387 e. The average Bonchev–Trinajstić information content (AvgIpc) is 3.19. The molecule has 4 nitrogen and oxygen atoms in total. The van der Waals surface area contributed by atoms with Crippen molar-refractivity contribution in [3.63, 3.8) is 0 Å². The van der Waals surface area contributed by atoms with Crippen LogP contribution in [0.2, 0.25) is 0 Å². The van der Waals surface area contributed by atoms with Gasteiger partial charge >= 0.3 is 0 Å². The highest BCUT2D eigenvalue weighted by atomic mass is 16.5. The van der Waals surface area contributed by atoms with Crippen molar-refractivity contribution in [2.24, 2.45) is 5.92 Å². The molecule has 102 valence electrons. The summed E-state index contributed by atoms with van der Waals surface area (Å²) in [6.45, 7) is 0.764. The van der Waals surface area contributed by atoms with Crippen molar-refractivity contribution in [2.75, 3.05) is 19.0 Å². The molecule has 2 N–H and O–H groups in total. The van der Waals surface area contributed by atoms with Crippen LogP contribution in [-0.4, -0.2) is 31.7 Å². The second-order valence-electron chi connectivity index (χ2n) is 5.34. The molecule has 0 aromatic heterocycles. The minimum atomic E-state index is -0.00824. The Morgan fingerprint density at radius 1 is 1.26 bits per heavy atom. The van der Waals surface area contributed by atoms with Gasteiger partial charge in [0.2, 0.25) is 0 Å². The van der Waals surface area contributed by atoms with Crippen LogP contribution in [0.5, 0.6) is 0 Å². The number of nitrogens with one attached hydrogen (secondary N) is 2. The fourth-order valence-corrected chi connectivity index (χ4v) is 2.80. The number of benzene rings is 1. The molecule has 2 fully saturated rings. The number of hydrogen-bond donors (Lipinski definition) is 2. The van der Waals surface area contributed by atoms with Gasteiger partial charge in [-0.2, -0.15) is 0 Å². The molecule has 2 atom stereocenters. The van der Waals surface area contributed by atoms with E-state index in [1.165, 1.54) is 12.8 Å². The van der Waals surface area contributed by atoms with E-state index in [4.69, 9.17) is 4.74 Å². The third-order valence-corrected chi connectivity index (χ3v) is 3.98. The van der Waals surface area contributed by atoms with Gasteiger partial charge < -0.3 is 15.4 Å². The molecule has 2 aliphatic rings. The second-order valence-corrected chi connectivity index (χ2v) is 5.34. The van der Waals surface area contributed by atoms with Crippen LogP contribution in [0.15, 0.2) is 24.3 Å². The maximum Gasteiger partial charge on any atom is 0.253 e. The van der Waals surface area contributed by atoms with Crippen molar-refractivity contribution in [2.45, 2.75) is 31.4 Å². The van der Waals surface area contributed by atoms with E-state index in [2.05, 4.69) is 10.6 Å². The molecule has 1 aliphatic heterocycles. The Hall–Kier alpha value is -1.55. The van der Waals surface area contributed by atoms with E-state index >= 15 is 0 Å². The van der Waals surface area contributed by atoms with Crippen molar-refractivity contribution in [3.05, 3.63) is 29.8 Å². The number of anilines is 1. The molecule has 1 aromatic rings. The highest BCUT2D eigenvalue weighted by Gasteiger charge is 2.41. The summed E-state index contributed by atoms with van der Waals surface area (Å²) < 4.78 is 5.75. The Morgan fingerprint density at radius 3 is 2.79 bits per heavy atom.